The molecule has 6 nitrogen and oxygen atoms in total. The Kier molecular flexibility index (Phi) is 5.33. The number of quaternary nitrogens is 1. The SMILES string of the molecule is CC1=C[N+]2(CCCCNS(=O)(=O)C(F)(F)F)C(CN)=CC=CC2=N1. The van der Waals surface area contributed by atoms with Gasteiger partial charge in [0.2, 0.25) is 5.84 Å². The molecule has 10 heteroatoms. The van der Waals surface area contributed by atoms with Crippen molar-refractivity contribution in [1.82, 2.24) is 4.72 Å². The molecule has 2 rings (SSSR count). The van der Waals surface area contributed by atoms with Gasteiger partial charge in [-0.15, -0.1) is 0 Å². The summed E-state index contributed by atoms with van der Waals surface area (Å²) in [4.78, 5) is 4.46. The summed E-state index contributed by atoms with van der Waals surface area (Å²) in [5.74, 6) is 0.811. The molecule has 134 valence electrons. The van der Waals surface area contributed by atoms with Crippen molar-refractivity contribution in [2.75, 3.05) is 19.6 Å². The van der Waals surface area contributed by atoms with Crippen LogP contribution in [-0.2, 0) is 10.0 Å². The average Bonchev–Trinajstić information content (AvgIpc) is 2.81. The smallest absolute Gasteiger partial charge is 0.322 e. The second-order valence-corrected chi connectivity index (χ2v) is 7.36. The molecule has 0 bridgehead atoms. The molecule has 2 heterocycles. The molecule has 0 saturated heterocycles. The first kappa shape index (κ1) is 18.8. The maximum Gasteiger partial charge on any atom is 0.511 e. The number of allylic oxidation sites excluding steroid dienone is 3. The maximum atomic E-state index is 12.2. The van der Waals surface area contributed by atoms with Crippen molar-refractivity contribution < 1.29 is 26.1 Å². The molecule has 3 N–H and O–H groups in total. The summed E-state index contributed by atoms with van der Waals surface area (Å²) in [6.45, 7) is 2.48. The molecule has 0 aromatic heterocycles. The molecule has 2 aliphatic heterocycles. The summed E-state index contributed by atoms with van der Waals surface area (Å²) in [5.41, 5.74) is 2.30. The van der Waals surface area contributed by atoms with E-state index in [4.69, 9.17) is 5.73 Å². The quantitative estimate of drug-likeness (QED) is 0.532. The first-order chi connectivity index (χ1) is 11.1. The van der Waals surface area contributed by atoms with Gasteiger partial charge >= 0.3 is 15.5 Å². The predicted molar refractivity (Wildman–Crippen MR) is 84.8 cm³/mol. The lowest BCUT2D eigenvalue weighted by Crippen LogP contribution is -2.48. The zero-order valence-electron chi connectivity index (χ0n) is 13.2. The fourth-order valence-corrected chi connectivity index (χ4v) is 3.37. The molecule has 24 heavy (non-hydrogen) atoms. The van der Waals surface area contributed by atoms with Gasteiger partial charge in [0.05, 0.1) is 18.8 Å². The van der Waals surface area contributed by atoms with Gasteiger partial charge in [0.25, 0.3) is 0 Å². The zero-order chi connectivity index (χ0) is 18.0. The number of unbranched alkanes of at least 4 members (excludes halogenated alkanes) is 1. The third-order valence-corrected chi connectivity index (χ3v) is 5.09. The summed E-state index contributed by atoms with van der Waals surface area (Å²) in [5, 5.41) is 0. The normalized spacial score (nSPS) is 23.6. The third-order valence-electron chi connectivity index (χ3n) is 3.90. The van der Waals surface area contributed by atoms with E-state index in [9.17, 15) is 21.6 Å². The monoisotopic (exact) mass is 365 g/mol. The number of nitrogens with zero attached hydrogens (tertiary/aromatic N) is 2. The lowest BCUT2D eigenvalue weighted by molar-refractivity contribution is -0.745. The van der Waals surface area contributed by atoms with Crippen molar-refractivity contribution in [2.45, 2.75) is 25.3 Å². The van der Waals surface area contributed by atoms with E-state index in [1.165, 1.54) is 0 Å². The lowest BCUT2D eigenvalue weighted by atomic mass is 10.1. The molecule has 0 aromatic rings. The van der Waals surface area contributed by atoms with Gasteiger partial charge in [-0.2, -0.15) is 18.2 Å². The number of halogens is 3. The van der Waals surface area contributed by atoms with Crippen molar-refractivity contribution in [3.8, 4) is 0 Å². The van der Waals surface area contributed by atoms with E-state index in [-0.39, 0.29) is 13.0 Å². The number of nitrogens with two attached hydrogens (primary N) is 1. The fraction of sp³-hybridized carbons (Fsp3) is 0.500. The number of aliphatic imine (C=N–C) groups is 1. The van der Waals surface area contributed by atoms with E-state index in [0.717, 1.165) is 17.2 Å². The van der Waals surface area contributed by atoms with Crippen LogP contribution in [0.5, 0.6) is 0 Å². The Balaban J connectivity index is 1.95. The number of rotatable bonds is 7. The molecule has 0 aromatic carbocycles. The van der Waals surface area contributed by atoms with E-state index in [1.807, 2.05) is 31.4 Å². The van der Waals surface area contributed by atoms with E-state index in [0.29, 0.717) is 24.0 Å². The molecule has 1 atom stereocenters. The Morgan fingerprint density at radius 3 is 2.67 bits per heavy atom. The van der Waals surface area contributed by atoms with Crippen LogP contribution in [0.15, 0.2) is 40.8 Å². The van der Waals surface area contributed by atoms with Crippen LogP contribution < -0.4 is 10.5 Å². The predicted octanol–water partition coefficient (Wildman–Crippen LogP) is 1.71. The highest BCUT2D eigenvalue weighted by atomic mass is 32.2. The van der Waals surface area contributed by atoms with Gasteiger partial charge < -0.3 is 5.73 Å². The standard InChI is InChI=1S/C14H20F3N4O2S/c1-11-10-21(12(9-18)5-4-6-13(21)20-11)8-3-2-7-19-24(22,23)14(15,16)17/h4-6,10,19H,2-3,7-9,18H2,1H3/q+1. The van der Waals surface area contributed by atoms with Crippen LogP contribution in [0.3, 0.4) is 0 Å². The van der Waals surface area contributed by atoms with Crippen LogP contribution in [-0.4, -0.2) is 43.9 Å². The highest BCUT2D eigenvalue weighted by molar-refractivity contribution is 7.90. The lowest BCUT2D eigenvalue weighted by Gasteiger charge is -2.34. The molecular weight excluding hydrogens is 345 g/mol. The number of fused-ring (bicyclic) bond motifs is 1. The fourth-order valence-electron chi connectivity index (χ4n) is 2.79. The van der Waals surface area contributed by atoms with E-state index < -0.39 is 15.5 Å². The number of alkyl halides is 3. The molecular formula is C14H20F3N4O2S+. The van der Waals surface area contributed by atoms with Crippen LogP contribution in [0.1, 0.15) is 19.8 Å². The first-order valence-corrected chi connectivity index (χ1v) is 8.91. The Hall–Kier alpha value is -1.49. The summed E-state index contributed by atoms with van der Waals surface area (Å²) in [7, 11) is -5.28. The van der Waals surface area contributed by atoms with E-state index in [1.54, 1.807) is 4.72 Å². The minimum absolute atomic E-state index is 0.269. The van der Waals surface area contributed by atoms with Gasteiger partial charge in [0.15, 0.2) is 0 Å². The van der Waals surface area contributed by atoms with Crippen LogP contribution >= 0.6 is 0 Å². The molecule has 0 spiro atoms. The Labute approximate surface area is 138 Å². The van der Waals surface area contributed by atoms with Crippen LogP contribution in [0, 0.1) is 0 Å². The minimum atomic E-state index is -5.28. The highest BCUT2D eigenvalue weighted by Gasteiger charge is 2.45. The highest BCUT2D eigenvalue weighted by Crippen LogP contribution is 2.31. The second kappa shape index (κ2) is 6.79. The van der Waals surface area contributed by atoms with Gasteiger partial charge in [-0.25, -0.2) is 17.6 Å². The minimum Gasteiger partial charge on any atom is -0.322 e. The van der Waals surface area contributed by atoms with Crippen molar-refractivity contribution >= 4 is 15.9 Å². The second-order valence-electron chi connectivity index (χ2n) is 5.60. The van der Waals surface area contributed by atoms with Gasteiger partial charge in [0, 0.05) is 12.6 Å². The summed E-state index contributed by atoms with van der Waals surface area (Å²) < 4.78 is 60.5. The molecule has 0 radical (unpaired) electrons. The summed E-state index contributed by atoms with van der Waals surface area (Å²) in [6, 6.07) is 0. The number of amidine groups is 1. The maximum absolute atomic E-state index is 12.2. The molecule has 0 amide bonds. The zero-order valence-corrected chi connectivity index (χ0v) is 14.0. The van der Waals surface area contributed by atoms with Gasteiger partial charge in [-0.3, -0.25) is 0 Å². The van der Waals surface area contributed by atoms with E-state index in [2.05, 4.69) is 4.99 Å². The summed E-state index contributed by atoms with van der Waals surface area (Å²) in [6.07, 6.45) is 8.38. The Morgan fingerprint density at radius 1 is 1.33 bits per heavy atom. The Bertz CT molecular complexity index is 723. The summed E-state index contributed by atoms with van der Waals surface area (Å²) >= 11 is 0. The van der Waals surface area contributed by atoms with Crippen molar-refractivity contribution in [3.63, 3.8) is 0 Å². The number of hydrogen-bond donors (Lipinski definition) is 2. The topological polar surface area (TPSA) is 84.5 Å². The number of nitrogens with one attached hydrogen (secondary N) is 1. The van der Waals surface area contributed by atoms with Crippen LogP contribution in [0.2, 0.25) is 0 Å². The van der Waals surface area contributed by atoms with Crippen molar-refractivity contribution in [2.24, 2.45) is 10.7 Å². The molecule has 0 aliphatic carbocycles. The van der Waals surface area contributed by atoms with Crippen LogP contribution in [0.4, 0.5) is 13.2 Å². The van der Waals surface area contributed by atoms with Gasteiger partial charge in [-0.05, 0) is 31.9 Å². The van der Waals surface area contributed by atoms with Crippen LogP contribution in [0.25, 0.3) is 0 Å². The molecule has 1 unspecified atom stereocenters. The Morgan fingerprint density at radius 2 is 2.04 bits per heavy atom. The molecule has 0 fully saturated rings. The molecule has 2 aliphatic rings. The van der Waals surface area contributed by atoms with E-state index >= 15 is 0 Å². The number of hydrogen-bond acceptors (Lipinski definition) is 4. The largest absolute Gasteiger partial charge is 0.511 e. The number of sulfonamides is 1. The average molecular weight is 365 g/mol. The van der Waals surface area contributed by atoms with Gasteiger partial charge in [0.1, 0.15) is 11.9 Å². The van der Waals surface area contributed by atoms with Crippen molar-refractivity contribution in [1.29, 1.82) is 0 Å². The molecule has 0 saturated carbocycles. The van der Waals surface area contributed by atoms with Crippen molar-refractivity contribution in [3.05, 3.63) is 35.8 Å². The van der Waals surface area contributed by atoms with Gasteiger partial charge in [-0.1, -0.05) is 0 Å². The third kappa shape index (κ3) is 3.61. The first-order valence-electron chi connectivity index (χ1n) is 7.43.